The first kappa shape index (κ1) is 19.7. The number of carboxylic acids is 1. The van der Waals surface area contributed by atoms with Crippen molar-refractivity contribution in [2.75, 3.05) is 13.1 Å². The van der Waals surface area contributed by atoms with E-state index in [0.717, 1.165) is 31.2 Å². The number of nitrogens with one attached hydrogen (secondary N) is 1. The Morgan fingerprint density at radius 1 is 1.15 bits per heavy atom. The van der Waals surface area contributed by atoms with Crippen LogP contribution in [0.2, 0.25) is 5.02 Å². The predicted octanol–water partition coefficient (Wildman–Crippen LogP) is 2.66. The van der Waals surface area contributed by atoms with E-state index >= 15 is 0 Å². The summed E-state index contributed by atoms with van der Waals surface area (Å²) in [5, 5.41) is 13.0. The van der Waals surface area contributed by atoms with E-state index in [2.05, 4.69) is 5.32 Å². The highest BCUT2D eigenvalue weighted by atomic mass is 35.5. The van der Waals surface area contributed by atoms with Gasteiger partial charge >= 0.3 is 5.97 Å². The molecule has 1 heterocycles. The van der Waals surface area contributed by atoms with Crippen LogP contribution in [0.4, 0.5) is 0 Å². The van der Waals surface area contributed by atoms with Gasteiger partial charge in [-0.25, -0.2) is 0 Å². The number of benzene rings is 1. The average molecular weight is 393 g/mol. The van der Waals surface area contributed by atoms with Crippen molar-refractivity contribution < 1.29 is 19.5 Å². The fourth-order valence-electron chi connectivity index (χ4n) is 4.14. The van der Waals surface area contributed by atoms with Crippen molar-refractivity contribution in [3.05, 3.63) is 34.9 Å². The largest absolute Gasteiger partial charge is 0.481 e. The fraction of sp³-hybridized carbons (Fsp3) is 0.550. The van der Waals surface area contributed by atoms with Crippen LogP contribution in [0.5, 0.6) is 0 Å². The minimum Gasteiger partial charge on any atom is -0.481 e. The fourth-order valence-corrected chi connectivity index (χ4v) is 4.26. The number of carbonyl (C=O) groups is 3. The highest BCUT2D eigenvalue weighted by Crippen LogP contribution is 2.34. The molecule has 1 aromatic carbocycles. The van der Waals surface area contributed by atoms with Gasteiger partial charge in [-0.3, -0.25) is 14.4 Å². The van der Waals surface area contributed by atoms with Crippen molar-refractivity contribution in [2.45, 2.75) is 44.6 Å². The number of hydrogen-bond donors (Lipinski definition) is 2. The van der Waals surface area contributed by atoms with Crippen LogP contribution in [-0.4, -0.2) is 46.9 Å². The number of carbonyl (C=O) groups excluding carboxylic acids is 2. The highest BCUT2D eigenvalue weighted by Gasteiger charge is 2.41. The molecule has 1 saturated carbocycles. The Labute approximate surface area is 163 Å². The van der Waals surface area contributed by atoms with Gasteiger partial charge in [-0.05, 0) is 37.5 Å². The van der Waals surface area contributed by atoms with E-state index in [1.165, 1.54) is 0 Å². The van der Waals surface area contributed by atoms with E-state index in [-0.39, 0.29) is 30.2 Å². The molecule has 6 nitrogen and oxygen atoms in total. The lowest BCUT2D eigenvalue weighted by Crippen LogP contribution is -2.47. The number of aliphatic carboxylic acids is 1. The molecular formula is C20H25ClN2O4. The van der Waals surface area contributed by atoms with Gasteiger partial charge in [-0.15, -0.1) is 0 Å². The van der Waals surface area contributed by atoms with E-state index in [1.807, 2.05) is 12.1 Å². The summed E-state index contributed by atoms with van der Waals surface area (Å²) in [6.07, 6.45) is 3.84. The lowest BCUT2D eigenvalue weighted by Gasteiger charge is -2.23. The molecule has 2 amide bonds. The van der Waals surface area contributed by atoms with Crippen molar-refractivity contribution in [3.8, 4) is 0 Å². The number of hydrogen-bond acceptors (Lipinski definition) is 3. The quantitative estimate of drug-likeness (QED) is 0.806. The number of nitrogens with zero attached hydrogens (tertiary/aromatic N) is 1. The molecule has 2 N–H and O–H groups in total. The van der Waals surface area contributed by atoms with Crippen molar-refractivity contribution >= 4 is 29.4 Å². The standard InChI is InChI=1S/C20H25ClN2O4/c1-12(22-18(24)14-4-2-3-5-14)19(25)23-10-16(17(11-23)20(26)27)13-6-8-15(21)9-7-13/h6-9,12,14,16-17H,2-5,10-11H2,1H3,(H,22,24)(H,26,27)/t12?,16-,17+/m0/s1. The number of amides is 2. The van der Waals surface area contributed by atoms with Crippen LogP contribution >= 0.6 is 11.6 Å². The molecule has 0 bridgehead atoms. The van der Waals surface area contributed by atoms with E-state index in [4.69, 9.17) is 11.6 Å². The van der Waals surface area contributed by atoms with Crippen LogP contribution in [0.25, 0.3) is 0 Å². The van der Waals surface area contributed by atoms with Gasteiger partial charge in [0.15, 0.2) is 0 Å². The normalized spacial score (nSPS) is 24.0. The van der Waals surface area contributed by atoms with Gasteiger partial charge in [0.05, 0.1) is 5.92 Å². The zero-order valence-electron chi connectivity index (χ0n) is 15.4. The predicted molar refractivity (Wildman–Crippen MR) is 101 cm³/mol. The topological polar surface area (TPSA) is 86.7 Å². The summed E-state index contributed by atoms with van der Waals surface area (Å²) in [7, 11) is 0. The second-order valence-electron chi connectivity index (χ2n) is 7.56. The van der Waals surface area contributed by atoms with E-state index in [0.29, 0.717) is 11.6 Å². The smallest absolute Gasteiger partial charge is 0.308 e. The summed E-state index contributed by atoms with van der Waals surface area (Å²) in [5.41, 5.74) is 0.852. The number of halogens is 1. The van der Waals surface area contributed by atoms with Gasteiger partial charge in [0, 0.05) is 29.9 Å². The Balaban J connectivity index is 1.67. The van der Waals surface area contributed by atoms with Crippen LogP contribution in [-0.2, 0) is 14.4 Å². The number of likely N-dealkylation sites (tertiary alicyclic amines) is 1. The van der Waals surface area contributed by atoms with Crippen LogP contribution in [0.15, 0.2) is 24.3 Å². The van der Waals surface area contributed by atoms with Gasteiger partial charge in [-0.1, -0.05) is 36.6 Å². The molecule has 0 radical (unpaired) electrons. The van der Waals surface area contributed by atoms with Gasteiger partial charge in [0.25, 0.3) is 0 Å². The summed E-state index contributed by atoms with van der Waals surface area (Å²) in [6.45, 7) is 2.13. The summed E-state index contributed by atoms with van der Waals surface area (Å²) in [6, 6.07) is 6.41. The highest BCUT2D eigenvalue weighted by molar-refractivity contribution is 6.30. The molecule has 27 heavy (non-hydrogen) atoms. The second-order valence-corrected chi connectivity index (χ2v) is 7.99. The van der Waals surface area contributed by atoms with Crippen molar-refractivity contribution in [1.82, 2.24) is 10.2 Å². The summed E-state index contributed by atoms with van der Waals surface area (Å²) in [4.78, 5) is 38.3. The molecule has 146 valence electrons. The molecule has 2 fully saturated rings. The molecule has 3 rings (SSSR count). The van der Waals surface area contributed by atoms with Gasteiger partial charge in [0.2, 0.25) is 11.8 Å². The lowest BCUT2D eigenvalue weighted by molar-refractivity contribution is -0.142. The van der Waals surface area contributed by atoms with Gasteiger partial charge in [-0.2, -0.15) is 0 Å². The molecule has 0 aromatic heterocycles. The minimum atomic E-state index is -0.923. The van der Waals surface area contributed by atoms with Gasteiger partial charge in [0.1, 0.15) is 6.04 Å². The molecule has 1 aliphatic carbocycles. The second kappa shape index (κ2) is 8.30. The molecule has 2 aliphatic rings. The van der Waals surface area contributed by atoms with Crippen LogP contribution in [0.3, 0.4) is 0 Å². The maximum absolute atomic E-state index is 12.8. The van der Waals surface area contributed by atoms with Gasteiger partial charge < -0.3 is 15.3 Å². The van der Waals surface area contributed by atoms with Crippen molar-refractivity contribution in [2.24, 2.45) is 11.8 Å². The van der Waals surface area contributed by atoms with E-state index in [1.54, 1.807) is 24.0 Å². The first-order chi connectivity index (χ1) is 12.9. The zero-order chi connectivity index (χ0) is 19.6. The third-order valence-electron chi connectivity index (χ3n) is 5.70. The molecular weight excluding hydrogens is 368 g/mol. The zero-order valence-corrected chi connectivity index (χ0v) is 16.1. The molecule has 0 spiro atoms. The molecule has 1 unspecified atom stereocenters. The van der Waals surface area contributed by atoms with Crippen LogP contribution in [0.1, 0.15) is 44.1 Å². The van der Waals surface area contributed by atoms with E-state index < -0.39 is 17.9 Å². The third kappa shape index (κ3) is 4.43. The molecule has 7 heteroatoms. The van der Waals surface area contributed by atoms with Crippen LogP contribution < -0.4 is 5.32 Å². The summed E-state index contributed by atoms with van der Waals surface area (Å²) >= 11 is 5.92. The minimum absolute atomic E-state index is 0.00703. The van der Waals surface area contributed by atoms with Crippen LogP contribution in [0, 0.1) is 11.8 Å². The third-order valence-corrected chi connectivity index (χ3v) is 5.95. The SMILES string of the molecule is CC(NC(=O)C1CCCC1)C(=O)N1C[C@@H](C(=O)O)[C@H](c2ccc(Cl)cc2)C1. The van der Waals surface area contributed by atoms with E-state index in [9.17, 15) is 19.5 Å². The number of rotatable bonds is 5. The maximum Gasteiger partial charge on any atom is 0.308 e. The summed E-state index contributed by atoms with van der Waals surface area (Å²) in [5.74, 6) is -2.20. The number of carboxylic acid groups (broad SMARTS) is 1. The Morgan fingerprint density at radius 2 is 1.78 bits per heavy atom. The average Bonchev–Trinajstić information content (AvgIpc) is 3.31. The van der Waals surface area contributed by atoms with Crippen molar-refractivity contribution in [1.29, 1.82) is 0 Å². The maximum atomic E-state index is 12.8. The van der Waals surface area contributed by atoms with Crippen molar-refractivity contribution in [3.63, 3.8) is 0 Å². The molecule has 1 aliphatic heterocycles. The monoisotopic (exact) mass is 392 g/mol. The molecule has 1 aromatic rings. The first-order valence-corrected chi connectivity index (χ1v) is 9.82. The lowest BCUT2D eigenvalue weighted by atomic mass is 9.89. The first-order valence-electron chi connectivity index (χ1n) is 9.44. The Bertz CT molecular complexity index is 715. The Hall–Kier alpha value is -2.08. The Morgan fingerprint density at radius 3 is 2.37 bits per heavy atom. The summed E-state index contributed by atoms with van der Waals surface area (Å²) < 4.78 is 0. The molecule has 3 atom stereocenters. The Kier molecular flexibility index (Phi) is 6.05. The molecule has 1 saturated heterocycles.